The van der Waals surface area contributed by atoms with Crippen molar-refractivity contribution in [1.82, 2.24) is 0 Å². The minimum atomic E-state index is -4.76. The molecule has 0 aliphatic heterocycles. The normalized spacial score (nSPS) is 10.9. The highest BCUT2D eigenvalue weighted by molar-refractivity contribution is 6.63. The number of phenolic OH excluding ortho intramolecular Hbond substituents is 1. The van der Waals surface area contributed by atoms with Gasteiger partial charge in [0.05, 0.1) is 10.6 Å². The molecule has 0 bridgehead atoms. The van der Waals surface area contributed by atoms with Gasteiger partial charge in [-0.15, -0.1) is 0 Å². The summed E-state index contributed by atoms with van der Waals surface area (Å²) in [5.41, 5.74) is -1.91. The van der Waals surface area contributed by atoms with Crippen LogP contribution in [0.5, 0.6) is 5.75 Å². The summed E-state index contributed by atoms with van der Waals surface area (Å²) in [6, 6.07) is 1.79. The van der Waals surface area contributed by atoms with E-state index in [0.29, 0.717) is 0 Å². The van der Waals surface area contributed by atoms with Gasteiger partial charge in [-0.2, -0.15) is 13.2 Å². The van der Waals surface area contributed by atoms with E-state index in [1.807, 2.05) is 0 Å². The van der Waals surface area contributed by atoms with Gasteiger partial charge in [0.25, 0.3) is 0 Å². The van der Waals surface area contributed by atoms with E-state index in [1.165, 1.54) is 0 Å². The van der Waals surface area contributed by atoms with Crippen molar-refractivity contribution in [3.05, 3.63) is 28.3 Å². The van der Waals surface area contributed by atoms with Gasteiger partial charge >= 0.3 is 6.18 Å². The van der Waals surface area contributed by atoms with Gasteiger partial charge in [0.2, 0.25) is 0 Å². The number of alkyl halides is 6. The van der Waals surface area contributed by atoms with E-state index < -0.39 is 32.4 Å². The second-order valence-corrected chi connectivity index (χ2v) is 5.08. The molecule has 102 valence electrons. The van der Waals surface area contributed by atoms with Crippen LogP contribution in [0.15, 0.2) is 12.1 Å². The molecule has 1 rings (SSSR count). The Hall–Kier alpha value is -0.360. The number of benzene rings is 1. The molecular formula is C9H5Cl4F3O2. The van der Waals surface area contributed by atoms with Crippen molar-refractivity contribution in [1.29, 1.82) is 0 Å². The summed E-state index contributed by atoms with van der Waals surface area (Å²) in [5, 5.41) is 8.08. The van der Waals surface area contributed by atoms with Gasteiger partial charge in [-0.3, -0.25) is 4.79 Å². The lowest BCUT2D eigenvalue weighted by Crippen LogP contribution is -2.09. The molecule has 0 atom stereocenters. The van der Waals surface area contributed by atoms with Crippen molar-refractivity contribution in [3.8, 4) is 5.75 Å². The Labute approximate surface area is 120 Å². The zero-order valence-corrected chi connectivity index (χ0v) is 11.3. The lowest BCUT2D eigenvalue weighted by Gasteiger charge is -2.11. The standard InChI is InChI=1S/C8H4ClF3O2.CHCl3/c9-7-5(14)2-1-4(3-13)6(7)8(10,11)12;2-1(3)4/h1-3,14H;1H. The lowest BCUT2D eigenvalue weighted by molar-refractivity contribution is -0.137. The smallest absolute Gasteiger partial charge is 0.418 e. The molecule has 0 aliphatic rings. The maximum Gasteiger partial charge on any atom is 0.418 e. The minimum Gasteiger partial charge on any atom is -0.506 e. The first-order valence-corrected chi connectivity index (χ1v) is 5.76. The summed E-state index contributed by atoms with van der Waals surface area (Å²) in [6.07, 6.45) is -4.72. The van der Waals surface area contributed by atoms with Crippen LogP contribution in [-0.4, -0.2) is 15.7 Å². The van der Waals surface area contributed by atoms with Crippen LogP contribution >= 0.6 is 46.4 Å². The van der Waals surface area contributed by atoms with Crippen molar-refractivity contribution < 1.29 is 23.1 Å². The van der Waals surface area contributed by atoms with Crippen molar-refractivity contribution in [2.75, 3.05) is 0 Å². The quantitative estimate of drug-likeness (QED) is 0.583. The van der Waals surface area contributed by atoms with Gasteiger partial charge in [0.15, 0.2) is 10.6 Å². The molecule has 0 aliphatic carbocycles. The molecule has 1 N–H and O–H groups in total. The third-order valence-corrected chi connectivity index (χ3v) is 1.95. The third-order valence-electron chi connectivity index (χ3n) is 1.56. The average Bonchev–Trinajstić information content (AvgIpc) is 2.19. The molecule has 0 unspecified atom stereocenters. The number of halogens is 7. The monoisotopic (exact) mass is 342 g/mol. The number of hydrogen-bond donors (Lipinski definition) is 1. The van der Waals surface area contributed by atoms with Crippen LogP contribution in [0.25, 0.3) is 0 Å². The highest BCUT2D eigenvalue weighted by Crippen LogP contribution is 2.40. The molecule has 0 spiro atoms. The fourth-order valence-electron chi connectivity index (χ4n) is 0.966. The molecule has 9 heteroatoms. The number of carbonyl (C=O) groups excluding carboxylic acids is 1. The van der Waals surface area contributed by atoms with Crippen LogP contribution in [0, 0.1) is 0 Å². The van der Waals surface area contributed by atoms with Gasteiger partial charge in [0, 0.05) is 5.56 Å². The highest BCUT2D eigenvalue weighted by Gasteiger charge is 2.37. The molecule has 1 aromatic carbocycles. The summed E-state index contributed by atoms with van der Waals surface area (Å²) < 4.78 is 36.2. The topological polar surface area (TPSA) is 37.3 Å². The number of rotatable bonds is 1. The molecule has 0 saturated heterocycles. The van der Waals surface area contributed by atoms with Gasteiger partial charge in [-0.25, -0.2) is 0 Å². The first-order valence-electron chi connectivity index (χ1n) is 4.07. The Morgan fingerprint density at radius 3 is 2.00 bits per heavy atom. The fourth-order valence-corrected chi connectivity index (χ4v) is 1.25. The van der Waals surface area contributed by atoms with Gasteiger partial charge in [0.1, 0.15) is 5.75 Å². The van der Waals surface area contributed by atoms with E-state index in [9.17, 15) is 18.0 Å². The number of hydrogen-bond acceptors (Lipinski definition) is 2. The van der Waals surface area contributed by atoms with Crippen LogP contribution in [0.2, 0.25) is 5.02 Å². The Morgan fingerprint density at radius 1 is 1.22 bits per heavy atom. The van der Waals surface area contributed by atoms with E-state index in [4.69, 9.17) is 51.5 Å². The molecule has 0 amide bonds. The number of aldehydes is 1. The van der Waals surface area contributed by atoms with E-state index in [0.717, 1.165) is 12.1 Å². The van der Waals surface area contributed by atoms with E-state index >= 15 is 0 Å². The van der Waals surface area contributed by atoms with E-state index in [-0.39, 0.29) is 6.29 Å². The Bertz CT molecular complexity index is 418. The number of phenols is 1. The van der Waals surface area contributed by atoms with Crippen LogP contribution < -0.4 is 0 Å². The lowest BCUT2D eigenvalue weighted by atomic mass is 10.1. The Balaban J connectivity index is 0.000000631. The Morgan fingerprint density at radius 2 is 1.67 bits per heavy atom. The molecule has 1 aromatic rings. The third kappa shape index (κ3) is 5.52. The zero-order chi connectivity index (χ0) is 14.5. The molecule has 2 nitrogen and oxygen atoms in total. The van der Waals surface area contributed by atoms with E-state index in [1.54, 1.807) is 0 Å². The predicted octanol–water partition coefficient (Wildman–Crippen LogP) is 4.86. The van der Waals surface area contributed by atoms with Crippen molar-refractivity contribution in [2.45, 2.75) is 10.5 Å². The summed E-state index contributed by atoms with van der Waals surface area (Å²) in [4.78, 5) is 10.3. The average molecular weight is 344 g/mol. The SMILES string of the molecule is ClC(Cl)Cl.O=Cc1ccc(O)c(Cl)c1C(F)(F)F. The number of carbonyl (C=O) groups is 1. The van der Waals surface area contributed by atoms with Gasteiger partial charge in [-0.1, -0.05) is 46.4 Å². The fraction of sp³-hybridized carbons (Fsp3) is 0.222. The van der Waals surface area contributed by atoms with Crippen LogP contribution in [0.3, 0.4) is 0 Å². The summed E-state index contributed by atoms with van der Waals surface area (Å²) in [6.45, 7) is 0. The zero-order valence-electron chi connectivity index (χ0n) is 8.31. The minimum absolute atomic E-state index is 0.0359. The molecular weight excluding hydrogens is 339 g/mol. The number of aromatic hydroxyl groups is 1. The summed E-state index contributed by atoms with van der Waals surface area (Å²) >= 11 is 19.6. The molecule has 0 radical (unpaired) electrons. The van der Waals surface area contributed by atoms with E-state index in [2.05, 4.69) is 0 Å². The summed E-state index contributed by atoms with van der Waals surface area (Å²) in [5.74, 6) is -0.704. The van der Waals surface area contributed by atoms with Gasteiger partial charge in [-0.05, 0) is 12.1 Å². The van der Waals surface area contributed by atoms with Crippen LogP contribution in [0.4, 0.5) is 13.2 Å². The van der Waals surface area contributed by atoms with Crippen LogP contribution in [0.1, 0.15) is 15.9 Å². The maximum absolute atomic E-state index is 12.3. The molecule has 18 heavy (non-hydrogen) atoms. The largest absolute Gasteiger partial charge is 0.506 e. The first kappa shape index (κ1) is 17.6. The highest BCUT2D eigenvalue weighted by atomic mass is 35.6. The molecule has 0 fully saturated rings. The first-order chi connectivity index (χ1) is 8.11. The van der Waals surface area contributed by atoms with Crippen molar-refractivity contribution in [3.63, 3.8) is 0 Å². The molecule has 0 aromatic heterocycles. The van der Waals surface area contributed by atoms with Crippen molar-refractivity contribution in [2.24, 2.45) is 0 Å². The molecule has 0 saturated carbocycles. The van der Waals surface area contributed by atoms with Crippen molar-refractivity contribution >= 4 is 52.7 Å². The maximum atomic E-state index is 12.3. The predicted molar refractivity (Wildman–Crippen MR) is 64.9 cm³/mol. The second-order valence-electron chi connectivity index (χ2n) is 2.73. The molecule has 0 heterocycles. The Kier molecular flexibility index (Phi) is 7.14. The summed E-state index contributed by atoms with van der Waals surface area (Å²) in [7, 11) is 0. The van der Waals surface area contributed by atoms with Gasteiger partial charge < -0.3 is 5.11 Å². The van der Waals surface area contributed by atoms with Crippen LogP contribution in [-0.2, 0) is 6.18 Å². The second kappa shape index (κ2) is 7.28.